The predicted molar refractivity (Wildman–Crippen MR) is 60.4 cm³/mol. The van der Waals surface area contributed by atoms with Crippen molar-refractivity contribution in [2.75, 3.05) is 13.2 Å². The molecule has 0 N–H and O–H groups in total. The molecule has 5 nitrogen and oxygen atoms in total. The average molecular weight is 249 g/mol. The molecule has 1 aliphatic rings. The van der Waals surface area contributed by atoms with E-state index >= 15 is 0 Å². The molecule has 0 unspecified atom stereocenters. The zero-order chi connectivity index (χ0) is 12.3. The molecular formula is C10H19NO4S. The summed E-state index contributed by atoms with van der Waals surface area (Å²) in [5.41, 5.74) is 0. The predicted octanol–water partition coefficient (Wildman–Crippen LogP) is 0.752. The summed E-state index contributed by atoms with van der Waals surface area (Å²) in [5, 5.41) is -0.498. The molecule has 0 heterocycles. The van der Waals surface area contributed by atoms with E-state index < -0.39 is 21.2 Å². The van der Waals surface area contributed by atoms with Crippen LogP contribution in [0.25, 0.3) is 0 Å². The van der Waals surface area contributed by atoms with E-state index in [4.69, 9.17) is 4.74 Å². The third-order valence-electron chi connectivity index (χ3n) is 2.47. The lowest BCUT2D eigenvalue weighted by Crippen LogP contribution is -2.41. The topological polar surface area (TPSA) is 63.7 Å². The summed E-state index contributed by atoms with van der Waals surface area (Å²) in [7, 11) is -3.36. The lowest BCUT2D eigenvalue weighted by Gasteiger charge is -2.22. The summed E-state index contributed by atoms with van der Waals surface area (Å²) in [6.45, 7) is 5.07. The Morgan fingerprint density at radius 3 is 2.38 bits per heavy atom. The number of rotatable bonds is 6. The van der Waals surface area contributed by atoms with Gasteiger partial charge in [-0.05, 0) is 33.6 Å². The number of esters is 1. The van der Waals surface area contributed by atoms with Crippen molar-refractivity contribution in [2.24, 2.45) is 0 Å². The van der Waals surface area contributed by atoms with Gasteiger partial charge < -0.3 is 4.74 Å². The Bertz CT molecular complexity index is 346. The van der Waals surface area contributed by atoms with Crippen LogP contribution < -0.4 is 0 Å². The first-order chi connectivity index (χ1) is 7.39. The number of hydrogen-bond acceptors (Lipinski definition) is 4. The van der Waals surface area contributed by atoms with Crippen LogP contribution in [0.2, 0.25) is 0 Å². The number of ether oxygens (including phenoxy) is 1. The minimum absolute atomic E-state index is 0.00296. The van der Waals surface area contributed by atoms with Crippen LogP contribution in [0.5, 0.6) is 0 Å². The van der Waals surface area contributed by atoms with Gasteiger partial charge in [0, 0.05) is 6.04 Å². The maximum absolute atomic E-state index is 12.0. The molecule has 0 aliphatic heterocycles. The second kappa shape index (κ2) is 5.14. The van der Waals surface area contributed by atoms with Gasteiger partial charge in [0.25, 0.3) is 0 Å². The van der Waals surface area contributed by atoms with Crippen molar-refractivity contribution in [3.63, 3.8) is 0 Å². The fraction of sp³-hybridized carbons (Fsp3) is 0.900. The van der Waals surface area contributed by atoms with Gasteiger partial charge in [0.05, 0.1) is 11.9 Å². The summed E-state index contributed by atoms with van der Waals surface area (Å²) in [5.74, 6) is -0.473. The molecule has 16 heavy (non-hydrogen) atoms. The SMILES string of the molecule is CCOC(=O)CN(C1CC1)S(=O)(=O)C(C)C. The van der Waals surface area contributed by atoms with E-state index in [1.807, 2.05) is 0 Å². The Kier molecular flexibility index (Phi) is 4.32. The lowest BCUT2D eigenvalue weighted by atomic mass is 10.6. The standard InChI is InChI=1S/C10H19NO4S/c1-4-15-10(12)7-11(9-5-6-9)16(13,14)8(2)3/h8-9H,4-7H2,1-3H3. The molecular weight excluding hydrogens is 230 g/mol. The van der Waals surface area contributed by atoms with Gasteiger partial charge in [0.15, 0.2) is 0 Å². The molecule has 0 radical (unpaired) electrons. The van der Waals surface area contributed by atoms with Gasteiger partial charge in [-0.25, -0.2) is 8.42 Å². The molecule has 1 aliphatic carbocycles. The molecule has 1 saturated carbocycles. The first kappa shape index (κ1) is 13.4. The smallest absolute Gasteiger partial charge is 0.321 e. The first-order valence-corrected chi connectivity index (χ1v) is 7.06. The van der Waals surface area contributed by atoms with Crippen LogP contribution in [-0.4, -0.2) is 43.1 Å². The van der Waals surface area contributed by atoms with Gasteiger partial charge in [-0.3, -0.25) is 4.79 Å². The van der Waals surface area contributed by atoms with E-state index in [2.05, 4.69) is 0 Å². The second-order valence-corrected chi connectivity index (χ2v) is 6.62. The number of hydrogen-bond donors (Lipinski definition) is 0. The highest BCUT2D eigenvalue weighted by atomic mass is 32.2. The van der Waals surface area contributed by atoms with Crippen molar-refractivity contribution in [3.05, 3.63) is 0 Å². The molecule has 0 bridgehead atoms. The molecule has 0 aromatic carbocycles. The molecule has 0 amide bonds. The minimum atomic E-state index is -3.36. The summed E-state index contributed by atoms with van der Waals surface area (Å²) >= 11 is 0. The third kappa shape index (κ3) is 3.18. The fourth-order valence-electron chi connectivity index (χ4n) is 1.39. The van der Waals surface area contributed by atoms with E-state index in [-0.39, 0.29) is 19.2 Å². The van der Waals surface area contributed by atoms with Gasteiger partial charge in [-0.15, -0.1) is 0 Å². The molecule has 0 spiro atoms. The monoisotopic (exact) mass is 249 g/mol. The Hall–Kier alpha value is -0.620. The largest absolute Gasteiger partial charge is 0.465 e. The van der Waals surface area contributed by atoms with Crippen LogP contribution in [0.4, 0.5) is 0 Å². The third-order valence-corrected chi connectivity index (χ3v) is 4.74. The van der Waals surface area contributed by atoms with Crippen molar-refractivity contribution in [1.82, 2.24) is 4.31 Å². The van der Waals surface area contributed by atoms with E-state index in [1.54, 1.807) is 20.8 Å². The van der Waals surface area contributed by atoms with Gasteiger partial charge in [-0.2, -0.15) is 4.31 Å². The van der Waals surface area contributed by atoms with Crippen LogP contribution in [0.1, 0.15) is 33.6 Å². The van der Waals surface area contributed by atoms with E-state index in [9.17, 15) is 13.2 Å². The molecule has 0 atom stereocenters. The van der Waals surface area contributed by atoms with Crippen LogP contribution in [0.3, 0.4) is 0 Å². The van der Waals surface area contributed by atoms with Crippen molar-refractivity contribution in [2.45, 2.75) is 44.9 Å². The minimum Gasteiger partial charge on any atom is -0.465 e. The molecule has 0 aromatic heterocycles. The quantitative estimate of drug-likeness (QED) is 0.652. The Morgan fingerprint density at radius 1 is 1.44 bits per heavy atom. The Balaban J connectivity index is 2.72. The van der Waals surface area contributed by atoms with Crippen molar-refractivity contribution in [1.29, 1.82) is 0 Å². The van der Waals surface area contributed by atoms with Gasteiger partial charge in [0.1, 0.15) is 6.54 Å². The van der Waals surface area contributed by atoms with Crippen molar-refractivity contribution < 1.29 is 17.9 Å². The molecule has 6 heteroatoms. The average Bonchev–Trinajstić information content (AvgIpc) is 2.97. The molecule has 0 aromatic rings. The molecule has 0 saturated heterocycles. The maximum atomic E-state index is 12.0. The number of nitrogens with zero attached hydrogens (tertiary/aromatic N) is 1. The molecule has 1 fully saturated rings. The molecule has 94 valence electrons. The summed E-state index contributed by atoms with van der Waals surface area (Å²) in [4.78, 5) is 11.3. The first-order valence-electron chi connectivity index (χ1n) is 5.55. The zero-order valence-corrected chi connectivity index (χ0v) is 10.8. The normalized spacial score (nSPS) is 16.8. The number of sulfonamides is 1. The van der Waals surface area contributed by atoms with E-state index in [0.29, 0.717) is 0 Å². The van der Waals surface area contributed by atoms with Crippen LogP contribution >= 0.6 is 0 Å². The van der Waals surface area contributed by atoms with E-state index in [0.717, 1.165) is 12.8 Å². The highest BCUT2D eigenvalue weighted by molar-refractivity contribution is 7.89. The van der Waals surface area contributed by atoms with Crippen molar-refractivity contribution in [3.8, 4) is 0 Å². The lowest BCUT2D eigenvalue weighted by molar-refractivity contribution is -0.143. The van der Waals surface area contributed by atoms with E-state index in [1.165, 1.54) is 4.31 Å². The highest BCUT2D eigenvalue weighted by Gasteiger charge is 2.39. The Morgan fingerprint density at radius 2 is 2.00 bits per heavy atom. The van der Waals surface area contributed by atoms with Crippen LogP contribution in [0.15, 0.2) is 0 Å². The fourth-order valence-corrected chi connectivity index (χ4v) is 2.85. The second-order valence-electron chi connectivity index (χ2n) is 4.18. The van der Waals surface area contributed by atoms with Crippen LogP contribution in [-0.2, 0) is 19.6 Å². The van der Waals surface area contributed by atoms with Crippen LogP contribution in [0, 0.1) is 0 Å². The summed E-state index contributed by atoms with van der Waals surface area (Å²) in [6.07, 6.45) is 1.68. The summed E-state index contributed by atoms with van der Waals surface area (Å²) < 4.78 is 30.0. The number of carbonyl (C=O) groups is 1. The zero-order valence-electron chi connectivity index (χ0n) is 9.97. The molecule has 1 rings (SSSR count). The van der Waals surface area contributed by atoms with Gasteiger partial charge in [0.2, 0.25) is 10.0 Å². The highest BCUT2D eigenvalue weighted by Crippen LogP contribution is 2.30. The Labute approximate surface area is 96.8 Å². The maximum Gasteiger partial charge on any atom is 0.321 e. The van der Waals surface area contributed by atoms with Gasteiger partial charge >= 0.3 is 5.97 Å². The number of carbonyl (C=O) groups excluding carboxylic acids is 1. The van der Waals surface area contributed by atoms with Crippen molar-refractivity contribution >= 4 is 16.0 Å². The summed E-state index contributed by atoms with van der Waals surface area (Å²) in [6, 6.07) is -0.00296. The van der Waals surface area contributed by atoms with Gasteiger partial charge in [-0.1, -0.05) is 0 Å².